The summed E-state index contributed by atoms with van der Waals surface area (Å²) in [4.78, 5) is 28.9. The van der Waals surface area contributed by atoms with Gasteiger partial charge in [0.1, 0.15) is 0 Å². The lowest BCUT2D eigenvalue weighted by Crippen LogP contribution is -2.50. The number of nitrogens with one attached hydrogen (secondary N) is 2. The standard InChI is InChI=1S/C22H27ClN4O2/c1-16-6-5-9-19(17(16)2)24-21(28)14-26-10-12-27(13-11-26)15-22(29)25-20-8-4-3-7-18(20)23/h3-9H,10-15H2,1-2H3,(H,24,28)(H,25,29). The van der Waals surface area contributed by atoms with E-state index in [1.165, 1.54) is 0 Å². The van der Waals surface area contributed by atoms with Gasteiger partial charge in [-0.15, -0.1) is 0 Å². The SMILES string of the molecule is Cc1cccc(NC(=O)CN2CCN(CC(=O)Nc3ccccc3Cl)CC2)c1C. The molecule has 0 radical (unpaired) electrons. The molecule has 0 unspecified atom stereocenters. The van der Waals surface area contributed by atoms with E-state index in [0.717, 1.165) is 43.0 Å². The van der Waals surface area contributed by atoms with Crippen LogP contribution in [0.25, 0.3) is 0 Å². The first kappa shape index (κ1) is 21.3. The van der Waals surface area contributed by atoms with E-state index in [-0.39, 0.29) is 11.8 Å². The molecule has 1 heterocycles. The highest BCUT2D eigenvalue weighted by Gasteiger charge is 2.21. The third kappa shape index (κ3) is 6.03. The van der Waals surface area contributed by atoms with Crippen LogP contribution in [0.5, 0.6) is 0 Å². The van der Waals surface area contributed by atoms with E-state index in [1.54, 1.807) is 12.1 Å². The largest absolute Gasteiger partial charge is 0.325 e. The molecule has 0 aliphatic carbocycles. The maximum absolute atomic E-state index is 12.4. The number of nitrogens with zero attached hydrogens (tertiary/aromatic N) is 2. The Morgan fingerprint density at radius 1 is 0.828 bits per heavy atom. The summed E-state index contributed by atoms with van der Waals surface area (Å²) in [5, 5.41) is 6.38. The van der Waals surface area contributed by atoms with Crippen molar-refractivity contribution in [2.24, 2.45) is 0 Å². The number of rotatable bonds is 6. The van der Waals surface area contributed by atoms with Crippen LogP contribution in [0.4, 0.5) is 11.4 Å². The fourth-order valence-corrected chi connectivity index (χ4v) is 3.52. The summed E-state index contributed by atoms with van der Waals surface area (Å²) >= 11 is 6.08. The second-order valence-electron chi connectivity index (χ2n) is 7.38. The topological polar surface area (TPSA) is 64.7 Å². The van der Waals surface area contributed by atoms with E-state index < -0.39 is 0 Å². The Morgan fingerprint density at radius 3 is 1.93 bits per heavy atom. The third-order valence-electron chi connectivity index (χ3n) is 5.23. The van der Waals surface area contributed by atoms with Gasteiger partial charge in [-0.3, -0.25) is 19.4 Å². The predicted octanol–water partition coefficient (Wildman–Crippen LogP) is 3.15. The minimum Gasteiger partial charge on any atom is -0.325 e. The first-order chi connectivity index (χ1) is 13.9. The molecule has 6 nitrogen and oxygen atoms in total. The highest BCUT2D eigenvalue weighted by molar-refractivity contribution is 6.33. The summed E-state index contributed by atoms with van der Waals surface area (Å²) in [6.07, 6.45) is 0. The lowest BCUT2D eigenvalue weighted by atomic mass is 10.1. The molecule has 0 atom stereocenters. The zero-order valence-electron chi connectivity index (χ0n) is 16.9. The Balaban J connectivity index is 1.42. The van der Waals surface area contributed by atoms with Crippen LogP contribution < -0.4 is 10.6 Å². The summed E-state index contributed by atoms with van der Waals surface area (Å²) < 4.78 is 0. The quantitative estimate of drug-likeness (QED) is 0.762. The van der Waals surface area contributed by atoms with Crippen LogP contribution >= 0.6 is 11.6 Å². The molecule has 0 aromatic heterocycles. The summed E-state index contributed by atoms with van der Waals surface area (Å²) in [5.74, 6) is -0.0946. The van der Waals surface area contributed by atoms with Gasteiger partial charge in [0, 0.05) is 31.9 Å². The molecule has 0 spiro atoms. The van der Waals surface area contributed by atoms with Gasteiger partial charge in [0.15, 0.2) is 0 Å². The number of benzene rings is 2. The van der Waals surface area contributed by atoms with Gasteiger partial charge >= 0.3 is 0 Å². The molecule has 2 aromatic carbocycles. The van der Waals surface area contributed by atoms with E-state index in [9.17, 15) is 9.59 Å². The van der Waals surface area contributed by atoms with Crippen LogP contribution in [-0.4, -0.2) is 60.9 Å². The minimum absolute atomic E-state index is 0.0105. The number of hydrogen-bond donors (Lipinski definition) is 2. The zero-order chi connectivity index (χ0) is 20.8. The number of carbonyl (C=O) groups is 2. The van der Waals surface area contributed by atoms with E-state index in [2.05, 4.69) is 20.4 Å². The van der Waals surface area contributed by atoms with Crippen molar-refractivity contribution in [3.63, 3.8) is 0 Å². The van der Waals surface area contributed by atoms with Crippen molar-refractivity contribution in [3.05, 3.63) is 58.6 Å². The van der Waals surface area contributed by atoms with E-state index in [0.29, 0.717) is 23.8 Å². The van der Waals surface area contributed by atoms with Gasteiger partial charge < -0.3 is 10.6 Å². The number of amides is 2. The Kier molecular flexibility index (Phi) is 7.25. The van der Waals surface area contributed by atoms with Gasteiger partial charge in [0.05, 0.1) is 23.8 Å². The van der Waals surface area contributed by atoms with Crippen molar-refractivity contribution in [2.75, 3.05) is 49.9 Å². The second-order valence-corrected chi connectivity index (χ2v) is 7.78. The Bertz CT molecular complexity index is 879. The van der Waals surface area contributed by atoms with Crippen LogP contribution in [0.1, 0.15) is 11.1 Å². The number of anilines is 2. The molecular weight excluding hydrogens is 388 g/mol. The van der Waals surface area contributed by atoms with Crippen molar-refractivity contribution >= 4 is 34.8 Å². The van der Waals surface area contributed by atoms with Crippen molar-refractivity contribution < 1.29 is 9.59 Å². The molecule has 1 aliphatic rings. The fourth-order valence-electron chi connectivity index (χ4n) is 3.34. The minimum atomic E-state index is -0.0841. The average molecular weight is 415 g/mol. The Hall–Kier alpha value is -2.41. The zero-order valence-corrected chi connectivity index (χ0v) is 17.6. The number of aryl methyl sites for hydroxylation is 1. The van der Waals surface area contributed by atoms with Crippen molar-refractivity contribution in [3.8, 4) is 0 Å². The molecule has 154 valence electrons. The Morgan fingerprint density at radius 2 is 1.34 bits per heavy atom. The third-order valence-corrected chi connectivity index (χ3v) is 5.56. The van der Waals surface area contributed by atoms with Gasteiger partial charge in [0.25, 0.3) is 0 Å². The smallest absolute Gasteiger partial charge is 0.238 e. The first-order valence-corrected chi connectivity index (χ1v) is 10.2. The van der Waals surface area contributed by atoms with Crippen molar-refractivity contribution in [1.29, 1.82) is 0 Å². The summed E-state index contributed by atoms with van der Waals surface area (Å²) in [6.45, 7) is 7.70. The molecule has 3 rings (SSSR count). The highest BCUT2D eigenvalue weighted by atomic mass is 35.5. The summed E-state index contributed by atoms with van der Waals surface area (Å²) in [5.41, 5.74) is 3.74. The van der Waals surface area contributed by atoms with Crippen LogP contribution in [0.15, 0.2) is 42.5 Å². The summed E-state index contributed by atoms with van der Waals surface area (Å²) in [6, 6.07) is 13.1. The van der Waals surface area contributed by atoms with Crippen molar-refractivity contribution in [2.45, 2.75) is 13.8 Å². The molecule has 0 bridgehead atoms. The first-order valence-electron chi connectivity index (χ1n) is 9.77. The number of carbonyl (C=O) groups excluding carboxylic acids is 2. The normalized spacial score (nSPS) is 15.1. The predicted molar refractivity (Wildman–Crippen MR) is 118 cm³/mol. The lowest BCUT2D eigenvalue weighted by molar-refractivity contribution is -0.120. The highest BCUT2D eigenvalue weighted by Crippen LogP contribution is 2.20. The van der Waals surface area contributed by atoms with Crippen LogP contribution in [-0.2, 0) is 9.59 Å². The fraction of sp³-hybridized carbons (Fsp3) is 0.364. The van der Waals surface area contributed by atoms with Gasteiger partial charge in [-0.25, -0.2) is 0 Å². The number of piperazine rings is 1. The molecule has 2 amide bonds. The maximum atomic E-state index is 12.4. The van der Waals surface area contributed by atoms with Gasteiger partial charge in [-0.05, 0) is 43.2 Å². The van der Waals surface area contributed by atoms with Gasteiger partial charge in [-0.1, -0.05) is 35.9 Å². The number of para-hydroxylation sites is 1. The van der Waals surface area contributed by atoms with Crippen LogP contribution in [0, 0.1) is 13.8 Å². The molecule has 1 fully saturated rings. The summed E-state index contributed by atoms with van der Waals surface area (Å²) in [7, 11) is 0. The molecule has 29 heavy (non-hydrogen) atoms. The number of hydrogen-bond acceptors (Lipinski definition) is 4. The molecule has 7 heteroatoms. The maximum Gasteiger partial charge on any atom is 0.238 e. The van der Waals surface area contributed by atoms with E-state index >= 15 is 0 Å². The molecule has 2 N–H and O–H groups in total. The van der Waals surface area contributed by atoms with Gasteiger partial charge in [0.2, 0.25) is 11.8 Å². The number of halogens is 1. The van der Waals surface area contributed by atoms with E-state index in [1.807, 2.05) is 44.2 Å². The lowest BCUT2D eigenvalue weighted by Gasteiger charge is -2.33. The van der Waals surface area contributed by atoms with Crippen LogP contribution in [0.2, 0.25) is 5.02 Å². The Labute approximate surface area is 176 Å². The van der Waals surface area contributed by atoms with Gasteiger partial charge in [-0.2, -0.15) is 0 Å². The van der Waals surface area contributed by atoms with E-state index in [4.69, 9.17) is 11.6 Å². The molecule has 0 saturated carbocycles. The molecule has 1 saturated heterocycles. The molecule has 2 aromatic rings. The monoisotopic (exact) mass is 414 g/mol. The second kappa shape index (κ2) is 9.87. The molecule has 1 aliphatic heterocycles. The average Bonchev–Trinajstić information content (AvgIpc) is 2.69. The molecular formula is C22H27ClN4O2. The van der Waals surface area contributed by atoms with Crippen molar-refractivity contribution in [1.82, 2.24) is 9.80 Å². The van der Waals surface area contributed by atoms with Crippen LogP contribution in [0.3, 0.4) is 0 Å².